The van der Waals surface area contributed by atoms with Crippen molar-refractivity contribution in [3.8, 4) is 5.75 Å². The Morgan fingerprint density at radius 1 is 0.750 bits per heavy atom. The molecular weight excluding hydrogens is 294 g/mol. The van der Waals surface area contributed by atoms with E-state index in [-0.39, 0.29) is 0 Å². The number of para-hydroxylation sites is 1. The first kappa shape index (κ1) is 14.6. The first-order valence-corrected chi connectivity index (χ1v) is 8.12. The molecule has 0 aromatic heterocycles. The van der Waals surface area contributed by atoms with Crippen LogP contribution in [0.2, 0.25) is 0 Å². The second-order valence-electron chi connectivity index (χ2n) is 6.00. The molecule has 0 unspecified atom stereocenters. The molecule has 0 bridgehead atoms. The van der Waals surface area contributed by atoms with Crippen molar-refractivity contribution in [3.05, 3.63) is 101 Å². The number of anilines is 1. The molecule has 4 rings (SSSR count). The van der Waals surface area contributed by atoms with E-state index in [0.29, 0.717) is 0 Å². The SMILES string of the molecule is Cc1cccc2c1OC(=C(c1ccccc1)c1ccccc1)N2C. The lowest BCUT2D eigenvalue weighted by Gasteiger charge is -2.17. The van der Waals surface area contributed by atoms with E-state index in [1.807, 2.05) is 12.1 Å². The molecule has 2 heteroatoms. The van der Waals surface area contributed by atoms with Crippen LogP contribution in [-0.2, 0) is 0 Å². The summed E-state index contributed by atoms with van der Waals surface area (Å²) in [5.74, 6) is 1.82. The highest BCUT2D eigenvalue weighted by molar-refractivity contribution is 5.86. The third kappa shape index (κ3) is 2.37. The Hall–Kier alpha value is -3.00. The third-order valence-corrected chi connectivity index (χ3v) is 4.39. The van der Waals surface area contributed by atoms with Gasteiger partial charge in [-0.25, -0.2) is 0 Å². The molecule has 0 atom stereocenters. The number of rotatable bonds is 2. The maximum absolute atomic E-state index is 6.33. The van der Waals surface area contributed by atoms with Gasteiger partial charge in [0.05, 0.1) is 5.69 Å². The fraction of sp³-hybridized carbons (Fsp3) is 0.0909. The molecule has 24 heavy (non-hydrogen) atoms. The highest BCUT2D eigenvalue weighted by Crippen LogP contribution is 2.43. The zero-order valence-electron chi connectivity index (χ0n) is 13.9. The maximum atomic E-state index is 6.33. The van der Waals surface area contributed by atoms with E-state index >= 15 is 0 Å². The second kappa shape index (κ2) is 5.89. The van der Waals surface area contributed by atoms with E-state index in [2.05, 4.69) is 85.6 Å². The van der Waals surface area contributed by atoms with Crippen molar-refractivity contribution < 1.29 is 4.74 Å². The fourth-order valence-electron chi connectivity index (χ4n) is 3.15. The standard InChI is InChI=1S/C22H19NO/c1-16-10-9-15-19-21(16)24-22(23(19)2)20(17-11-5-3-6-12-17)18-13-7-4-8-14-18/h3-15H,1-2H3. The van der Waals surface area contributed by atoms with Gasteiger partial charge in [0.2, 0.25) is 5.88 Å². The van der Waals surface area contributed by atoms with Crippen LogP contribution in [-0.4, -0.2) is 7.05 Å². The Morgan fingerprint density at radius 3 is 1.88 bits per heavy atom. The van der Waals surface area contributed by atoms with Crippen molar-refractivity contribution in [1.82, 2.24) is 0 Å². The minimum Gasteiger partial charge on any atom is -0.438 e. The molecule has 118 valence electrons. The highest BCUT2D eigenvalue weighted by Gasteiger charge is 2.28. The lowest BCUT2D eigenvalue weighted by atomic mass is 9.98. The lowest BCUT2D eigenvalue weighted by molar-refractivity contribution is 0.444. The average molecular weight is 313 g/mol. The monoisotopic (exact) mass is 313 g/mol. The van der Waals surface area contributed by atoms with Gasteiger partial charge in [0.15, 0.2) is 5.75 Å². The van der Waals surface area contributed by atoms with Crippen molar-refractivity contribution in [1.29, 1.82) is 0 Å². The quantitative estimate of drug-likeness (QED) is 0.641. The molecule has 0 saturated heterocycles. The predicted octanol–water partition coefficient (Wildman–Crippen LogP) is 5.24. The molecule has 0 fully saturated rings. The number of benzene rings is 3. The molecule has 1 heterocycles. The molecule has 1 aliphatic rings. The van der Waals surface area contributed by atoms with Gasteiger partial charge in [-0.15, -0.1) is 0 Å². The molecule has 0 N–H and O–H groups in total. The molecular formula is C22H19NO. The number of fused-ring (bicyclic) bond motifs is 1. The van der Waals surface area contributed by atoms with Crippen molar-refractivity contribution in [2.45, 2.75) is 6.92 Å². The largest absolute Gasteiger partial charge is 0.438 e. The summed E-state index contributed by atoms with van der Waals surface area (Å²) in [4.78, 5) is 2.14. The maximum Gasteiger partial charge on any atom is 0.208 e. The van der Waals surface area contributed by atoms with Crippen LogP contribution in [0.1, 0.15) is 16.7 Å². The number of hydrogen-bond acceptors (Lipinski definition) is 2. The van der Waals surface area contributed by atoms with Crippen LogP contribution in [0.4, 0.5) is 5.69 Å². The van der Waals surface area contributed by atoms with Crippen LogP contribution >= 0.6 is 0 Å². The van der Waals surface area contributed by atoms with Gasteiger partial charge in [0.25, 0.3) is 0 Å². The summed E-state index contributed by atoms with van der Waals surface area (Å²) >= 11 is 0. The van der Waals surface area contributed by atoms with Gasteiger partial charge in [0.1, 0.15) is 0 Å². The average Bonchev–Trinajstić information content (AvgIpc) is 2.96. The molecule has 0 spiro atoms. The summed E-state index contributed by atoms with van der Waals surface area (Å²) in [5, 5.41) is 0. The molecule has 3 aromatic carbocycles. The minimum atomic E-state index is 0.872. The topological polar surface area (TPSA) is 12.5 Å². The summed E-state index contributed by atoms with van der Waals surface area (Å²) in [6.45, 7) is 2.08. The van der Waals surface area contributed by atoms with E-state index in [1.165, 1.54) is 0 Å². The van der Waals surface area contributed by atoms with Crippen molar-refractivity contribution >= 4 is 11.3 Å². The zero-order valence-corrected chi connectivity index (χ0v) is 13.9. The molecule has 0 radical (unpaired) electrons. The van der Waals surface area contributed by atoms with Gasteiger partial charge in [-0.1, -0.05) is 72.8 Å². The fourth-order valence-corrected chi connectivity index (χ4v) is 3.15. The van der Waals surface area contributed by atoms with Crippen LogP contribution in [0.15, 0.2) is 84.7 Å². The van der Waals surface area contributed by atoms with E-state index in [1.54, 1.807) is 0 Å². The number of aryl methyl sites for hydroxylation is 1. The van der Waals surface area contributed by atoms with Crippen molar-refractivity contribution in [2.75, 3.05) is 11.9 Å². The molecule has 2 nitrogen and oxygen atoms in total. The Balaban J connectivity index is 1.95. The lowest BCUT2D eigenvalue weighted by Crippen LogP contribution is -2.16. The van der Waals surface area contributed by atoms with E-state index in [0.717, 1.165) is 39.6 Å². The van der Waals surface area contributed by atoms with Crippen LogP contribution < -0.4 is 9.64 Å². The molecule has 0 amide bonds. The number of hydrogen-bond donors (Lipinski definition) is 0. The minimum absolute atomic E-state index is 0.872. The second-order valence-corrected chi connectivity index (χ2v) is 6.00. The van der Waals surface area contributed by atoms with Crippen molar-refractivity contribution in [2.24, 2.45) is 0 Å². The normalized spacial score (nSPS) is 12.8. The Bertz CT molecular complexity index is 856. The van der Waals surface area contributed by atoms with Crippen LogP contribution in [0.5, 0.6) is 5.75 Å². The predicted molar refractivity (Wildman–Crippen MR) is 99.1 cm³/mol. The summed E-state index contributed by atoms with van der Waals surface area (Å²) in [7, 11) is 2.06. The van der Waals surface area contributed by atoms with Gasteiger partial charge in [-0.3, -0.25) is 0 Å². The van der Waals surface area contributed by atoms with Gasteiger partial charge < -0.3 is 9.64 Å². The van der Waals surface area contributed by atoms with Gasteiger partial charge >= 0.3 is 0 Å². The first-order chi connectivity index (χ1) is 11.8. The highest BCUT2D eigenvalue weighted by atomic mass is 16.5. The van der Waals surface area contributed by atoms with Gasteiger partial charge in [-0.2, -0.15) is 0 Å². The Morgan fingerprint density at radius 2 is 1.33 bits per heavy atom. The first-order valence-electron chi connectivity index (χ1n) is 8.12. The van der Waals surface area contributed by atoms with Crippen LogP contribution in [0.3, 0.4) is 0 Å². The summed E-state index contributed by atoms with van der Waals surface area (Å²) < 4.78 is 6.33. The van der Waals surface area contributed by atoms with Crippen molar-refractivity contribution in [3.63, 3.8) is 0 Å². The van der Waals surface area contributed by atoms with E-state index in [4.69, 9.17) is 4.74 Å². The molecule has 3 aromatic rings. The summed E-state index contributed by atoms with van der Waals surface area (Å²) in [5.41, 5.74) is 5.66. The summed E-state index contributed by atoms with van der Waals surface area (Å²) in [6, 6.07) is 27.1. The Kier molecular flexibility index (Phi) is 3.58. The van der Waals surface area contributed by atoms with Crippen LogP contribution in [0, 0.1) is 6.92 Å². The molecule has 1 aliphatic heterocycles. The van der Waals surface area contributed by atoms with Gasteiger partial charge in [0, 0.05) is 12.6 Å². The Labute approximate surface area is 142 Å². The smallest absolute Gasteiger partial charge is 0.208 e. The summed E-state index contributed by atoms with van der Waals surface area (Å²) in [6.07, 6.45) is 0. The number of ether oxygens (including phenoxy) is 1. The zero-order chi connectivity index (χ0) is 16.5. The number of nitrogens with zero attached hydrogens (tertiary/aromatic N) is 1. The van der Waals surface area contributed by atoms with E-state index in [9.17, 15) is 0 Å². The third-order valence-electron chi connectivity index (χ3n) is 4.39. The molecule has 0 aliphatic carbocycles. The molecule has 0 saturated carbocycles. The van der Waals surface area contributed by atoms with E-state index < -0.39 is 0 Å². The van der Waals surface area contributed by atoms with Gasteiger partial charge in [-0.05, 0) is 29.7 Å². The van der Waals surface area contributed by atoms with Crippen LogP contribution in [0.25, 0.3) is 5.57 Å².